The molecule has 0 N–H and O–H groups in total. The molecule has 2 heteroatoms. The zero-order valence-electron chi connectivity index (χ0n) is 12.0. The van der Waals surface area contributed by atoms with Crippen molar-refractivity contribution < 1.29 is 4.39 Å². The van der Waals surface area contributed by atoms with Crippen LogP contribution >= 0.6 is 0 Å². The Morgan fingerprint density at radius 3 is 2.50 bits per heavy atom. The van der Waals surface area contributed by atoms with Gasteiger partial charge in [-0.1, -0.05) is 52.9 Å². The highest BCUT2D eigenvalue weighted by atomic mass is 19.1. The molecule has 1 atom stereocenters. The monoisotopic (exact) mass is 251 g/mol. The van der Waals surface area contributed by atoms with Crippen molar-refractivity contribution in [3.63, 3.8) is 0 Å². The molecule has 0 aliphatic heterocycles. The highest BCUT2D eigenvalue weighted by molar-refractivity contribution is 5.22. The summed E-state index contributed by atoms with van der Waals surface area (Å²) in [6, 6.07) is 3.58. The number of hydrogen-bond donors (Lipinski definition) is 0. The normalized spacial score (nSPS) is 14.4. The lowest BCUT2D eigenvalue weighted by molar-refractivity contribution is 0.374. The second-order valence-corrected chi connectivity index (χ2v) is 5.49. The van der Waals surface area contributed by atoms with Crippen LogP contribution in [0.25, 0.3) is 0 Å². The average Bonchev–Trinajstić information content (AvgIpc) is 2.35. The number of halogens is 1. The van der Waals surface area contributed by atoms with E-state index < -0.39 is 0 Å². The van der Waals surface area contributed by atoms with E-state index >= 15 is 0 Å². The topological polar surface area (TPSA) is 12.9 Å². The van der Waals surface area contributed by atoms with E-state index in [1.54, 1.807) is 12.3 Å². The van der Waals surface area contributed by atoms with Gasteiger partial charge in [-0.15, -0.1) is 0 Å². The van der Waals surface area contributed by atoms with E-state index in [4.69, 9.17) is 0 Å². The molecule has 0 saturated carbocycles. The van der Waals surface area contributed by atoms with E-state index in [9.17, 15) is 4.39 Å². The van der Waals surface area contributed by atoms with Gasteiger partial charge in [0.15, 0.2) is 0 Å². The van der Waals surface area contributed by atoms with Gasteiger partial charge in [-0.3, -0.25) is 0 Å². The molecule has 0 spiro atoms. The molecule has 1 aromatic heterocycles. The van der Waals surface area contributed by atoms with Crippen LogP contribution in [-0.4, -0.2) is 4.98 Å². The minimum atomic E-state index is -0.358. The standard InChI is InChI=1S/C16H26FN/c1-4-6-7-8-11-16(3,10-5-2)14-9-12-18-15(17)13-14/h9,12-13H,4-8,10-11H2,1-3H3. The maximum atomic E-state index is 13.3. The van der Waals surface area contributed by atoms with Crippen molar-refractivity contribution in [2.24, 2.45) is 0 Å². The van der Waals surface area contributed by atoms with E-state index in [0.717, 1.165) is 24.8 Å². The van der Waals surface area contributed by atoms with Crippen LogP contribution in [0.2, 0.25) is 0 Å². The molecule has 1 unspecified atom stereocenters. The van der Waals surface area contributed by atoms with Gasteiger partial charge in [-0.2, -0.15) is 4.39 Å². The fraction of sp³-hybridized carbons (Fsp3) is 0.688. The summed E-state index contributed by atoms with van der Waals surface area (Å²) in [6.45, 7) is 6.68. The van der Waals surface area contributed by atoms with Crippen molar-refractivity contribution in [1.82, 2.24) is 4.98 Å². The van der Waals surface area contributed by atoms with Gasteiger partial charge in [0, 0.05) is 6.20 Å². The molecule has 0 saturated heterocycles. The summed E-state index contributed by atoms with van der Waals surface area (Å²) in [5.74, 6) is -0.358. The predicted molar refractivity (Wildman–Crippen MR) is 75.2 cm³/mol. The third-order valence-corrected chi connectivity index (χ3v) is 3.81. The number of pyridine rings is 1. The highest BCUT2D eigenvalue weighted by Gasteiger charge is 2.25. The largest absolute Gasteiger partial charge is 0.228 e. The number of nitrogens with zero attached hydrogens (tertiary/aromatic N) is 1. The van der Waals surface area contributed by atoms with Crippen LogP contribution in [0, 0.1) is 5.95 Å². The minimum Gasteiger partial charge on any atom is -0.228 e. The van der Waals surface area contributed by atoms with Gasteiger partial charge in [0.1, 0.15) is 0 Å². The summed E-state index contributed by atoms with van der Waals surface area (Å²) in [7, 11) is 0. The third-order valence-electron chi connectivity index (χ3n) is 3.81. The van der Waals surface area contributed by atoms with Crippen LogP contribution in [0.5, 0.6) is 0 Å². The van der Waals surface area contributed by atoms with Crippen LogP contribution in [0.4, 0.5) is 4.39 Å². The summed E-state index contributed by atoms with van der Waals surface area (Å²) in [5, 5.41) is 0. The van der Waals surface area contributed by atoms with Crippen molar-refractivity contribution in [3.05, 3.63) is 29.8 Å². The molecule has 0 aliphatic rings. The molecule has 0 bridgehead atoms. The Kier molecular flexibility index (Phi) is 6.31. The summed E-state index contributed by atoms with van der Waals surface area (Å²) >= 11 is 0. The lowest BCUT2D eigenvalue weighted by Crippen LogP contribution is -2.22. The molecule has 0 aromatic carbocycles. The number of hydrogen-bond acceptors (Lipinski definition) is 1. The molecule has 1 rings (SSSR count). The van der Waals surface area contributed by atoms with Crippen LogP contribution < -0.4 is 0 Å². The average molecular weight is 251 g/mol. The van der Waals surface area contributed by atoms with Gasteiger partial charge >= 0.3 is 0 Å². The number of rotatable bonds is 8. The summed E-state index contributed by atoms with van der Waals surface area (Å²) in [4.78, 5) is 3.66. The van der Waals surface area contributed by atoms with Crippen LogP contribution in [0.1, 0.15) is 71.3 Å². The molecule has 0 radical (unpaired) electrons. The van der Waals surface area contributed by atoms with E-state index in [1.165, 1.54) is 25.7 Å². The number of aromatic nitrogens is 1. The van der Waals surface area contributed by atoms with Gasteiger partial charge in [0.25, 0.3) is 0 Å². The van der Waals surface area contributed by atoms with Gasteiger partial charge < -0.3 is 0 Å². The Bertz CT molecular complexity index is 351. The lowest BCUT2D eigenvalue weighted by atomic mass is 9.75. The second-order valence-electron chi connectivity index (χ2n) is 5.49. The van der Waals surface area contributed by atoms with E-state index in [1.807, 2.05) is 6.07 Å². The Morgan fingerprint density at radius 2 is 1.89 bits per heavy atom. The molecule has 102 valence electrons. The smallest absolute Gasteiger partial charge is 0.213 e. The molecule has 1 heterocycles. The first-order valence-corrected chi connectivity index (χ1v) is 7.24. The van der Waals surface area contributed by atoms with Crippen molar-refractivity contribution in [3.8, 4) is 0 Å². The fourth-order valence-corrected chi connectivity index (χ4v) is 2.69. The maximum Gasteiger partial charge on any atom is 0.213 e. The van der Waals surface area contributed by atoms with E-state index in [0.29, 0.717) is 0 Å². The van der Waals surface area contributed by atoms with E-state index in [-0.39, 0.29) is 11.4 Å². The number of unbranched alkanes of at least 4 members (excludes halogenated alkanes) is 3. The first-order chi connectivity index (χ1) is 8.62. The first kappa shape index (κ1) is 15.1. The Balaban J connectivity index is 2.72. The van der Waals surface area contributed by atoms with Crippen LogP contribution in [0.15, 0.2) is 18.3 Å². The second kappa shape index (κ2) is 7.50. The fourth-order valence-electron chi connectivity index (χ4n) is 2.69. The SMILES string of the molecule is CCCCCCC(C)(CCC)c1ccnc(F)c1. The molecule has 0 aliphatic carbocycles. The predicted octanol–water partition coefficient (Wildman–Crippen LogP) is 5.25. The molecular formula is C16H26FN. The highest BCUT2D eigenvalue weighted by Crippen LogP contribution is 2.34. The van der Waals surface area contributed by atoms with Gasteiger partial charge in [0.05, 0.1) is 0 Å². The molecule has 0 amide bonds. The Morgan fingerprint density at radius 1 is 1.11 bits per heavy atom. The van der Waals surface area contributed by atoms with Crippen molar-refractivity contribution in [1.29, 1.82) is 0 Å². The quantitative estimate of drug-likeness (QED) is 0.454. The summed E-state index contributed by atoms with van der Waals surface area (Å²) in [5.41, 5.74) is 1.21. The Hall–Kier alpha value is -0.920. The zero-order valence-corrected chi connectivity index (χ0v) is 12.0. The molecule has 1 nitrogen and oxygen atoms in total. The molecular weight excluding hydrogens is 225 g/mol. The van der Waals surface area contributed by atoms with Crippen molar-refractivity contribution in [2.75, 3.05) is 0 Å². The Labute approximate surface area is 111 Å². The van der Waals surface area contributed by atoms with Gasteiger partial charge in [-0.25, -0.2) is 4.98 Å². The van der Waals surface area contributed by atoms with Gasteiger partial charge in [0.2, 0.25) is 5.95 Å². The molecule has 0 fully saturated rings. The third kappa shape index (κ3) is 4.40. The van der Waals surface area contributed by atoms with Crippen molar-refractivity contribution in [2.45, 2.75) is 71.1 Å². The summed E-state index contributed by atoms with van der Waals surface area (Å²) < 4.78 is 13.3. The zero-order chi connectivity index (χ0) is 13.4. The van der Waals surface area contributed by atoms with Crippen molar-refractivity contribution >= 4 is 0 Å². The van der Waals surface area contributed by atoms with Crippen LogP contribution in [-0.2, 0) is 5.41 Å². The summed E-state index contributed by atoms with van der Waals surface area (Å²) in [6.07, 6.45) is 10.0. The minimum absolute atomic E-state index is 0.103. The lowest BCUT2D eigenvalue weighted by Gasteiger charge is -2.30. The van der Waals surface area contributed by atoms with E-state index in [2.05, 4.69) is 25.8 Å². The maximum absolute atomic E-state index is 13.3. The van der Waals surface area contributed by atoms with Gasteiger partial charge in [-0.05, 0) is 36.0 Å². The molecule has 1 aromatic rings. The van der Waals surface area contributed by atoms with Crippen LogP contribution in [0.3, 0.4) is 0 Å². The molecule has 18 heavy (non-hydrogen) atoms. The first-order valence-electron chi connectivity index (χ1n) is 7.24.